The van der Waals surface area contributed by atoms with E-state index in [0.29, 0.717) is 0 Å². The largest absolute Gasteiger partial charge is 0.497 e. The zero-order chi connectivity index (χ0) is 14.5. The lowest BCUT2D eigenvalue weighted by Gasteiger charge is -2.16. The molecule has 1 atom stereocenters. The molecule has 4 heteroatoms. The van der Waals surface area contributed by atoms with Crippen molar-refractivity contribution >= 4 is 27.5 Å². The van der Waals surface area contributed by atoms with E-state index in [0.717, 1.165) is 34.1 Å². The Bertz CT molecular complexity index is 586. The summed E-state index contributed by atoms with van der Waals surface area (Å²) in [5.41, 5.74) is 2.18. The zero-order valence-electron chi connectivity index (χ0n) is 11.4. The highest BCUT2D eigenvalue weighted by Gasteiger charge is 2.15. The number of hydrogen-bond donors (Lipinski definition) is 0. The second kappa shape index (κ2) is 7.00. The summed E-state index contributed by atoms with van der Waals surface area (Å²) in [7, 11) is 3.30. The zero-order valence-corrected chi connectivity index (χ0v) is 13.7. The second-order valence-corrected chi connectivity index (χ2v) is 5.88. The Labute approximate surface area is 132 Å². The van der Waals surface area contributed by atoms with E-state index in [1.165, 1.54) is 0 Å². The normalized spacial score (nSPS) is 12.0. The van der Waals surface area contributed by atoms with Gasteiger partial charge in [0.2, 0.25) is 0 Å². The first kappa shape index (κ1) is 15.2. The first-order valence-electron chi connectivity index (χ1n) is 6.25. The van der Waals surface area contributed by atoms with Crippen molar-refractivity contribution in [1.82, 2.24) is 0 Å². The van der Waals surface area contributed by atoms with Gasteiger partial charge in [-0.25, -0.2) is 0 Å². The Kier molecular flexibility index (Phi) is 5.32. The van der Waals surface area contributed by atoms with Crippen molar-refractivity contribution in [2.75, 3.05) is 14.2 Å². The van der Waals surface area contributed by atoms with Crippen molar-refractivity contribution in [2.45, 2.75) is 11.2 Å². The van der Waals surface area contributed by atoms with E-state index < -0.39 is 0 Å². The van der Waals surface area contributed by atoms with E-state index in [-0.39, 0.29) is 4.83 Å². The molecule has 0 aromatic heterocycles. The number of methoxy groups -OCH3 is 2. The molecule has 0 N–H and O–H groups in total. The Balaban J connectivity index is 2.25. The van der Waals surface area contributed by atoms with Crippen molar-refractivity contribution in [1.29, 1.82) is 0 Å². The maximum Gasteiger partial charge on any atom is 0.126 e. The third-order valence-corrected chi connectivity index (χ3v) is 4.32. The molecule has 0 aliphatic carbocycles. The highest BCUT2D eigenvalue weighted by Crippen LogP contribution is 2.37. The van der Waals surface area contributed by atoms with E-state index in [2.05, 4.69) is 15.9 Å². The number of halogens is 2. The van der Waals surface area contributed by atoms with Gasteiger partial charge in [-0.1, -0.05) is 51.8 Å². The fourth-order valence-electron chi connectivity index (χ4n) is 2.04. The fraction of sp³-hybridized carbons (Fsp3) is 0.250. The predicted molar refractivity (Wildman–Crippen MR) is 86.4 cm³/mol. The lowest BCUT2D eigenvalue weighted by atomic mass is 10.0. The Morgan fingerprint density at radius 3 is 2.50 bits per heavy atom. The average Bonchev–Trinajstić information content (AvgIpc) is 2.48. The summed E-state index contributed by atoms with van der Waals surface area (Å²) >= 11 is 9.92. The number of ether oxygens (including phenoxy) is 2. The lowest BCUT2D eigenvalue weighted by Crippen LogP contribution is -2.00. The minimum absolute atomic E-state index is 0.128. The van der Waals surface area contributed by atoms with Gasteiger partial charge in [-0.15, -0.1) is 0 Å². The maximum absolute atomic E-state index is 6.21. The van der Waals surface area contributed by atoms with Crippen LogP contribution in [0, 0.1) is 0 Å². The topological polar surface area (TPSA) is 18.5 Å². The van der Waals surface area contributed by atoms with E-state index in [1.54, 1.807) is 14.2 Å². The molecule has 0 saturated heterocycles. The van der Waals surface area contributed by atoms with Gasteiger partial charge < -0.3 is 9.47 Å². The first-order valence-corrected chi connectivity index (χ1v) is 7.54. The highest BCUT2D eigenvalue weighted by atomic mass is 79.9. The van der Waals surface area contributed by atoms with Gasteiger partial charge in [-0.3, -0.25) is 0 Å². The Morgan fingerprint density at radius 2 is 1.85 bits per heavy atom. The number of alkyl halides is 1. The average molecular weight is 356 g/mol. The number of hydrogen-bond acceptors (Lipinski definition) is 2. The first-order chi connectivity index (χ1) is 9.65. The molecule has 0 aliphatic rings. The molecule has 1 unspecified atom stereocenters. The van der Waals surface area contributed by atoms with Crippen LogP contribution < -0.4 is 9.47 Å². The molecular formula is C16H16BrClO2. The molecule has 106 valence electrons. The molecule has 0 spiro atoms. The molecule has 0 fully saturated rings. The van der Waals surface area contributed by atoms with Crippen LogP contribution in [0.4, 0.5) is 0 Å². The van der Waals surface area contributed by atoms with Crippen molar-refractivity contribution in [3.05, 3.63) is 58.6 Å². The minimum Gasteiger partial charge on any atom is -0.497 e. The predicted octanol–water partition coefficient (Wildman–Crippen LogP) is 5.04. The van der Waals surface area contributed by atoms with Crippen molar-refractivity contribution < 1.29 is 9.47 Å². The van der Waals surface area contributed by atoms with Crippen molar-refractivity contribution in [2.24, 2.45) is 0 Å². The highest BCUT2D eigenvalue weighted by molar-refractivity contribution is 9.09. The van der Waals surface area contributed by atoms with Gasteiger partial charge in [0.15, 0.2) is 0 Å². The summed E-state index contributed by atoms with van der Waals surface area (Å²) in [6.45, 7) is 0. The van der Waals surface area contributed by atoms with Crippen LogP contribution in [0.1, 0.15) is 16.0 Å². The van der Waals surface area contributed by atoms with E-state index in [1.807, 2.05) is 42.5 Å². The van der Waals surface area contributed by atoms with Crippen LogP contribution in [0.25, 0.3) is 0 Å². The number of benzene rings is 2. The van der Waals surface area contributed by atoms with Crippen LogP contribution in [0.2, 0.25) is 5.02 Å². The van der Waals surface area contributed by atoms with Crippen LogP contribution in [-0.2, 0) is 6.42 Å². The third-order valence-electron chi connectivity index (χ3n) is 3.14. The molecule has 2 rings (SSSR count). The molecule has 2 aromatic rings. The molecule has 0 bridgehead atoms. The van der Waals surface area contributed by atoms with Gasteiger partial charge in [-0.05, 0) is 24.1 Å². The molecule has 0 saturated carbocycles. The quantitative estimate of drug-likeness (QED) is 0.700. The summed E-state index contributed by atoms with van der Waals surface area (Å²) in [4.78, 5) is 0.128. The summed E-state index contributed by atoms with van der Waals surface area (Å²) in [6.07, 6.45) is 0.794. The van der Waals surface area contributed by atoms with Gasteiger partial charge in [0.1, 0.15) is 11.5 Å². The van der Waals surface area contributed by atoms with Gasteiger partial charge in [0.25, 0.3) is 0 Å². The van der Waals surface area contributed by atoms with Crippen molar-refractivity contribution in [3.63, 3.8) is 0 Å². The number of rotatable bonds is 5. The van der Waals surface area contributed by atoms with Crippen LogP contribution in [0.5, 0.6) is 11.5 Å². The van der Waals surface area contributed by atoms with Crippen LogP contribution in [0.3, 0.4) is 0 Å². The molecule has 20 heavy (non-hydrogen) atoms. The summed E-state index contributed by atoms with van der Waals surface area (Å²) in [5, 5.41) is 0.782. The second-order valence-electron chi connectivity index (χ2n) is 4.37. The summed E-state index contributed by atoms with van der Waals surface area (Å²) in [6, 6.07) is 13.7. The van der Waals surface area contributed by atoms with Gasteiger partial charge in [-0.2, -0.15) is 0 Å². The SMILES string of the molecule is COc1ccc(C(Br)Cc2ccccc2Cl)c(OC)c1. The molecule has 0 radical (unpaired) electrons. The Hall–Kier alpha value is -1.19. The van der Waals surface area contributed by atoms with E-state index >= 15 is 0 Å². The van der Waals surface area contributed by atoms with E-state index in [4.69, 9.17) is 21.1 Å². The standard InChI is InChI=1S/C16H16BrClO2/c1-19-12-7-8-13(16(10-12)20-2)14(17)9-11-5-3-4-6-15(11)18/h3-8,10,14H,9H2,1-2H3. The van der Waals surface area contributed by atoms with Gasteiger partial charge in [0.05, 0.1) is 14.2 Å². The summed E-state index contributed by atoms with van der Waals surface area (Å²) < 4.78 is 10.6. The molecule has 0 aliphatic heterocycles. The molecular weight excluding hydrogens is 340 g/mol. The third kappa shape index (κ3) is 3.47. The van der Waals surface area contributed by atoms with E-state index in [9.17, 15) is 0 Å². The molecule has 0 heterocycles. The monoisotopic (exact) mass is 354 g/mol. The summed E-state index contributed by atoms with van der Waals surface area (Å²) in [5.74, 6) is 1.58. The molecule has 2 aromatic carbocycles. The van der Waals surface area contributed by atoms with Gasteiger partial charge >= 0.3 is 0 Å². The molecule has 0 amide bonds. The maximum atomic E-state index is 6.21. The van der Waals surface area contributed by atoms with Crippen molar-refractivity contribution in [3.8, 4) is 11.5 Å². The smallest absolute Gasteiger partial charge is 0.126 e. The van der Waals surface area contributed by atoms with Gasteiger partial charge in [0, 0.05) is 21.5 Å². The lowest BCUT2D eigenvalue weighted by molar-refractivity contribution is 0.391. The van der Waals surface area contributed by atoms with Crippen LogP contribution in [0.15, 0.2) is 42.5 Å². The molecule has 2 nitrogen and oxygen atoms in total. The minimum atomic E-state index is 0.128. The fourth-order valence-corrected chi connectivity index (χ4v) is 2.98. The van der Waals surface area contributed by atoms with Crippen LogP contribution in [-0.4, -0.2) is 14.2 Å². The van der Waals surface area contributed by atoms with Crippen LogP contribution >= 0.6 is 27.5 Å². The Morgan fingerprint density at radius 1 is 1.10 bits per heavy atom.